The van der Waals surface area contributed by atoms with E-state index in [1.165, 1.54) is 0 Å². The number of benzene rings is 1. The van der Waals surface area contributed by atoms with E-state index in [9.17, 15) is 0 Å². The lowest BCUT2D eigenvalue weighted by Crippen LogP contribution is -1.97. The molecule has 2 nitrogen and oxygen atoms in total. The van der Waals surface area contributed by atoms with Crippen LogP contribution in [0.5, 0.6) is 0 Å². The van der Waals surface area contributed by atoms with Gasteiger partial charge in [-0.15, -0.1) is 0 Å². The molecule has 84 valence electrons. The van der Waals surface area contributed by atoms with E-state index in [0.717, 1.165) is 16.1 Å². The molecule has 0 aliphatic heterocycles. The maximum atomic E-state index is 5.90. The fourth-order valence-corrected chi connectivity index (χ4v) is 1.88. The number of nitrogens with one attached hydrogen (secondary N) is 1. The largest absolute Gasteiger partial charge is 0.452 e. The van der Waals surface area contributed by atoms with Crippen LogP contribution < -0.4 is 5.32 Å². The normalized spacial score (nSPS) is 10.4. The Morgan fingerprint density at radius 1 is 1.12 bits per heavy atom. The molecule has 1 aromatic carbocycles. The number of hydrogen-bond acceptors (Lipinski definition) is 2. The quantitative estimate of drug-likeness (QED) is 0.864. The maximum Gasteiger partial charge on any atom is 0.169 e. The fourth-order valence-electron chi connectivity index (χ4n) is 1.24. The van der Waals surface area contributed by atoms with Crippen LogP contribution in [-0.2, 0) is 6.54 Å². The summed E-state index contributed by atoms with van der Waals surface area (Å²) in [5.74, 6) is 0.845. The number of anilines is 1. The van der Waals surface area contributed by atoms with Crippen LogP contribution in [0.4, 0.5) is 5.69 Å². The summed E-state index contributed by atoms with van der Waals surface area (Å²) in [5.41, 5.74) is 0.905. The van der Waals surface area contributed by atoms with E-state index in [-0.39, 0.29) is 0 Å². The summed E-state index contributed by atoms with van der Waals surface area (Å²) in [6, 6.07) is 9.15. The molecule has 0 aliphatic carbocycles. The Morgan fingerprint density at radius 3 is 2.56 bits per heavy atom. The molecule has 1 N–H and O–H groups in total. The van der Waals surface area contributed by atoms with Crippen LogP contribution in [0.2, 0.25) is 10.0 Å². The summed E-state index contributed by atoms with van der Waals surface area (Å²) in [6.07, 6.45) is 0. The lowest BCUT2D eigenvalue weighted by molar-refractivity contribution is 0.495. The third kappa shape index (κ3) is 2.94. The first-order valence-electron chi connectivity index (χ1n) is 4.58. The molecule has 0 radical (unpaired) electrons. The van der Waals surface area contributed by atoms with Crippen LogP contribution in [-0.4, -0.2) is 0 Å². The van der Waals surface area contributed by atoms with Gasteiger partial charge in [-0.1, -0.05) is 23.2 Å². The van der Waals surface area contributed by atoms with Gasteiger partial charge in [-0.25, -0.2) is 0 Å². The van der Waals surface area contributed by atoms with E-state index in [4.69, 9.17) is 27.6 Å². The standard InChI is InChI=1S/C11H8BrCl2NO/c12-11-4-2-8(16-11)6-15-7-1-3-9(13)10(14)5-7/h1-5,15H,6H2. The molecule has 1 heterocycles. The highest BCUT2D eigenvalue weighted by atomic mass is 79.9. The number of hydrogen-bond donors (Lipinski definition) is 1. The lowest BCUT2D eigenvalue weighted by atomic mass is 10.3. The molecular weight excluding hydrogens is 313 g/mol. The van der Waals surface area contributed by atoms with E-state index in [1.807, 2.05) is 18.2 Å². The number of halogens is 3. The van der Waals surface area contributed by atoms with Crippen molar-refractivity contribution in [3.8, 4) is 0 Å². The van der Waals surface area contributed by atoms with Gasteiger partial charge in [0.15, 0.2) is 4.67 Å². The molecule has 0 aliphatic rings. The van der Waals surface area contributed by atoms with E-state index in [2.05, 4.69) is 21.2 Å². The Morgan fingerprint density at radius 2 is 1.94 bits per heavy atom. The predicted molar refractivity (Wildman–Crippen MR) is 70.2 cm³/mol. The average molecular weight is 321 g/mol. The van der Waals surface area contributed by atoms with Crippen LogP contribution in [0.15, 0.2) is 39.4 Å². The first-order valence-corrected chi connectivity index (χ1v) is 6.13. The van der Waals surface area contributed by atoms with Crippen molar-refractivity contribution in [2.45, 2.75) is 6.54 Å². The van der Waals surface area contributed by atoms with Crippen molar-refractivity contribution < 1.29 is 4.42 Å². The molecule has 0 saturated heterocycles. The molecule has 16 heavy (non-hydrogen) atoms. The molecule has 0 atom stereocenters. The number of furan rings is 1. The first-order chi connectivity index (χ1) is 7.65. The minimum atomic E-state index is 0.535. The Kier molecular flexibility index (Phi) is 3.79. The summed E-state index contributed by atoms with van der Waals surface area (Å²) < 4.78 is 6.08. The Balaban J connectivity index is 2.02. The summed E-state index contributed by atoms with van der Waals surface area (Å²) in [4.78, 5) is 0. The first kappa shape index (κ1) is 11.8. The second-order valence-corrected chi connectivity index (χ2v) is 4.78. The molecular formula is C11H8BrCl2NO. The number of rotatable bonds is 3. The molecule has 1 aromatic heterocycles. The van der Waals surface area contributed by atoms with Crippen molar-refractivity contribution in [2.75, 3.05) is 5.32 Å². The minimum Gasteiger partial charge on any atom is -0.452 e. The molecule has 0 unspecified atom stereocenters. The van der Waals surface area contributed by atoms with Crippen LogP contribution in [0.3, 0.4) is 0 Å². The summed E-state index contributed by atoms with van der Waals surface area (Å²) in [6.45, 7) is 0.601. The zero-order valence-corrected chi connectivity index (χ0v) is 11.2. The minimum absolute atomic E-state index is 0.535. The zero-order valence-electron chi connectivity index (χ0n) is 8.14. The topological polar surface area (TPSA) is 25.2 Å². The zero-order chi connectivity index (χ0) is 11.5. The van der Waals surface area contributed by atoms with Crippen LogP contribution in [0.1, 0.15) is 5.76 Å². The van der Waals surface area contributed by atoms with E-state index in [1.54, 1.807) is 12.1 Å². The van der Waals surface area contributed by atoms with Crippen LogP contribution >= 0.6 is 39.1 Å². The van der Waals surface area contributed by atoms with Crippen molar-refractivity contribution in [1.82, 2.24) is 0 Å². The summed E-state index contributed by atoms with van der Waals surface area (Å²) in [5, 5.41) is 4.27. The van der Waals surface area contributed by atoms with Gasteiger partial charge in [0.1, 0.15) is 5.76 Å². The Labute approximate surface area is 112 Å². The van der Waals surface area contributed by atoms with Crippen molar-refractivity contribution in [1.29, 1.82) is 0 Å². The monoisotopic (exact) mass is 319 g/mol. The van der Waals surface area contributed by atoms with Gasteiger partial charge in [-0.3, -0.25) is 0 Å². The highest BCUT2D eigenvalue weighted by Gasteiger charge is 2.01. The molecule has 0 amide bonds. The summed E-state index contributed by atoms with van der Waals surface area (Å²) >= 11 is 15.0. The molecule has 0 bridgehead atoms. The molecule has 5 heteroatoms. The highest BCUT2D eigenvalue weighted by molar-refractivity contribution is 9.10. The van der Waals surface area contributed by atoms with Gasteiger partial charge >= 0.3 is 0 Å². The lowest BCUT2D eigenvalue weighted by Gasteiger charge is -2.05. The van der Waals surface area contributed by atoms with Gasteiger partial charge in [0.2, 0.25) is 0 Å². The van der Waals surface area contributed by atoms with Gasteiger partial charge < -0.3 is 9.73 Å². The van der Waals surface area contributed by atoms with E-state index < -0.39 is 0 Å². The maximum absolute atomic E-state index is 5.90. The van der Waals surface area contributed by atoms with E-state index in [0.29, 0.717) is 16.6 Å². The fraction of sp³-hybridized carbons (Fsp3) is 0.0909. The molecule has 2 aromatic rings. The van der Waals surface area contributed by atoms with Gasteiger partial charge in [-0.2, -0.15) is 0 Å². The van der Waals surface area contributed by atoms with Crippen molar-refractivity contribution in [3.63, 3.8) is 0 Å². The molecule has 0 spiro atoms. The van der Waals surface area contributed by atoms with Crippen molar-refractivity contribution in [2.24, 2.45) is 0 Å². The second kappa shape index (κ2) is 5.13. The van der Waals surface area contributed by atoms with Gasteiger partial charge in [-0.05, 0) is 46.3 Å². The Hall–Kier alpha value is -0.640. The van der Waals surface area contributed by atoms with Crippen molar-refractivity contribution >= 4 is 44.8 Å². The SMILES string of the molecule is Clc1ccc(NCc2ccc(Br)o2)cc1Cl. The molecule has 0 saturated carbocycles. The molecule has 2 rings (SSSR count). The smallest absolute Gasteiger partial charge is 0.169 e. The van der Waals surface area contributed by atoms with Crippen LogP contribution in [0, 0.1) is 0 Å². The second-order valence-electron chi connectivity index (χ2n) is 3.19. The average Bonchev–Trinajstić information content (AvgIpc) is 2.66. The van der Waals surface area contributed by atoms with Crippen LogP contribution in [0.25, 0.3) is 0 Å². The van der Waals surface area contributed by atoms with Gasteiger partial charge in [0, 0.05) is 5.69 Å². The van der Waals surface area contributed by atoms with Gasteiger partial charge in [0.25, 0.3) is 0 Å². The van der Waals surface area contributed by atoms with E-state index >= 15 is 0 Å². The van der Waals surface area contributed by atoms with Gasteiger partial charge in [0.05, 0.1) is 16.6 Å². The predicted octanol–water partition coefficient (Wildman–Crippen LogP) is 4.96. The van der Waals surface area contributed by atoms with Crippen molar-refractivity contribution in [3.05, 3.63) is 50.8 Å². The summed E-state index contributed by atoms with van der Waals surface area (Å²) in [7, 11) is 0. The highest BCUT2D eigenvalue weighted by Crippen LogP contribution is 2.25. The molecule has 0 fully saturated rings. The Bertz CT molecular complexity index is 498. The third-order valence-electron chi connectivity index (χ3n) is 2.02. The third-order valence-corrected chi connectivity index (χ3v) is 3.18.